The first-order valence-corrected chi connectivity index (χ1v) is 9.49. The van der Waals surface area contributed by atoms with Gasteiger partial charge in [0, 0.05) is 22.4 Å². The lowest BCUT2D eigenvalue weighted by atomic mass is 9.97. The van der Waals surface area contributed by atoms with Gasteiger partial charge in [-0.25, -0.2) is 0 Å². The minimum Gasteiger partial charge on any atom is -0.359 e. The van der Waals surface area contributed by atoms with Crippen molar-refractivity contribution >= 4 is 34.8 Å². The number of fused-ring (bicyclic) bond motifs is 1. The van der Waals surface area contributed by atoms with E-state index in [2.05, 4.69) is 28.5 Å². The highest BCUT2D eigenvalue weighted by Crippen LogP contribution is 2.30. The van der Waals surface area contributed by atoms with Gasteiger partial charge in [-0.3, -0.25) is 9.59 Å². The van der Waals surface area contributed by atoms with Gasteiger partial charge in [0.15, 0.2) is 0 Å². The van der Waals surface area contributed by atoms with E-state index in [-0.39, 0.29) is 30.9 Å². The zero-order chi connectivity index (χ0) is 19.4. The van der Waals surface area contributed by atoms with Crippen LogP contribution < -0.4 is 15.5 Å². The van der Waals surface area contributed by atoms with Crippen LogP contribution in [0.1, 0.15) is 24.5 Å². The van der Waals surface area contributed by atoms with Crippen LogP contribution in [0, 0.1) is 6.92 Å². The van der Waals surface area contributed by atoms with E-state index in [9.17, 15) is 9.59 Å². The van der Waals surface area contributed by atoms with Crippen LogP contribution in [0.3, 0.4) is 0 Å². The zero-order valence-electron chi connectivity index (χ0n) is 15.6. The Morgan fingerprint density at radius 1 is 1.15 bits per heavy atom. The predicted octanol–water partition coefficient (Wildman–Crippen LogP) is 3.54. The Kier molecular flexibility index (Phi) is 6.01. The summed E-state index contributed by atoms with van der Waals surface area (Å²) < 4.78 is 0. The molecule has 5 nitrogen and oxygen atoms in total. The van der Waals surface area contributed by atoms with Crippen molar-refractivity contribution in [3.8, 4) is 0 Å². The first-order chi connectivity index (χ1) is 13.0. The maximum Gasteiger partial charge on any atom is 0.243 e. The van der Waals surface area contributed by atoms with Crippen molar-refractivity contribution in [3.63, 3.8) is 0 Å². The Labute approximate surface area is 164 Å². The summed E-state index contributed by atoms with van der Waals surface area (Å²) in [5.74, 6) is -0.447. The van der Waals surface area contributed by atoms with Crippen molar-refractivity contribution < 1.29 is 9.59 Å². The van der Waals surface area contributed by atoms with Crippen molar-refractivity contribution in [2.75, 3.05) is 23.3 Å². The van der Waals surface area contributed by atoms with E-state index in [4.69, 9.17) is 11.6 Å². The Bertz CT molecular complexity index is 853. The van der Waals surface area contributed by atoms with E-state index < -0.39 is 0 Å². The van der Waals surface area contributed by atoms with Gasteiger partial charge in [-0.15, -0.1) is 0 Å². The first-order valence-electron chi connectivity index (χ1n) is 9.12. The summed E-state index contributed by atoms with van der Waals surface area (Å²) >= 11 is 6.06. The molecular weight excluding hydrogens is 362 g/mol. The van der Waals surface area contributed by atoms with Gasteiger partial charge in [0.05, 0.1) is 13.1 Å². The van der Waals surface area contributed by atoms with E-state index in [1.165, 1.54) is 5.56 Å². The fourth-order valence-corrected chi connectivity index (χ4v) is 3.50. The maximum atomic E-state index is 12.4. The molecule has 0 aromatic heterocycles. The summed E-state index contributed by atoms with van der Waals surface area (Å²) in [6.45, 7) is 4.12. The Morgan fingerprint density at radius 2 is 1.93 bits per heavy atom. The van der Waals surface area contributed by atoms with Gasteiger partial charge in [-0.05, 0) is 56.0 Å². The molecule has 2 N–H and O–H groups in total. The molecule has 1 atom stereocenters. The Balaban J connectivity index is 1.55. The van der Waals surface area contributed by atoms with Gasteiger partial charge >= 0.3 is 0 Å². The molecule has 0 fully saturated rings. The number of anilines is 2. The van der Waals surface area contributed by atoms with Crippen molar-refractivity contribution in [2.24, 2.45) is 0 Å². The normalized spacial score (nSPS) is 15.8. The number of para-hydroxylation sites is 1. The smallest absolute Gasteiger partial charge is 0.243 e. The number of benzene rings is 2. The van der Waals surface area contributed by atoms with Crippen molar-refractivity contribution in [1.82, 2.24) is 5.32 Å². The fraction of sp³-hybridized carbons (Fsp3) is 0.333. The molecule has 1 aliphatic heterocycles. The monoisotopic (exact) mass is 385 g/mol. The standard InChI is InChI=1S/C21H24ClN3O2/c1-14-10-11-16-6-3-4-9-19(16)25(14)13-21(27)23-12-20(26)24-18-8-5-7-17(22)15(18)2/h3-9,14H,10-13H2,1-2H3,(H,23,27)(H,24,26). The van der Waals surface area contributed by atoms with Gasteiger partial charge < -0.3 is 15.5 Å². The molecule has 0 spiro atoms. The predicted molar refractivity (Wildman–Crippen MR) is 109 cm³/mol. The molecule has 0 saturated heterocycles. The van der Waals surface area contributed by atoms with Gasteiger partial charge in [-0.2, -0.15) is 0 Å². The lowest BCUT2D eigenvalue weighted by molar-refractivity contribution is -0.123. The molecule has 0 bridgehead atoms. The number of aryl methyl sites for hydroxylation is 1. The number of nitrogens with one attached hydrogen (secondary N) is 2. The van der Waals surface area contributed by atoms with Crippen LogP contribution in [0.2, 0.25) is 5.02 Å². The molecular formula is C21H24ClN3O2. The summed E-state index contributed by atoms with van der Waals surface area (Å²) in [6.07, 6.45) is 2.04. The minimum absolute atomic E-state index is 0.0747. The van der Waals surface area contributed by atoms with E-state index >= 15 is 0 Å². The Morgan fingerprint density at radius 3 is 2.74 bits per heavy atom. The molecule has 2 amide bonds. The molecule has 27 heavy (non-hydrogen) atoms. The third-order valence-corrected chi connectivity index (χ3v) is 5.38. The van der Waals surface area contributed by atoms with Crippen LogP contribution >= 0.6 is 11.6 Å². The number of hydrogen-bond donors (Lipinski definition) is 2. The molecule has 3 rings (SSSR count). The summed E-state index contributed by atoms with van der Waals surface area (Å²) in [5, 5.41) is 6.08. The first kappa shape index (κ1) is 19.2. The third-order valence-electron chi connectivity index (χ3n) is 4.97. The van der Waals surface area contributed by atoms with Crippen molar-refractivity contribution in [3.05, 3.63) is 58.6 Å². The number of halogens is 1. The van der Waals surface area contributed by atoms with Crippen LogP contribution in [0.25, 0.3) is 0 Å². The fourth-order valence-electron chi connectivity index (χ4n) is 3.33. The third kappa shape index (κ3) is 4.61. The van der Waals surface area contributed by atoms with Crippen molar-refractivity contribution in [2.45, 2.75) is 32.7 Å². The lowest BCUT2D eigenvalue weighted by Crippen LogP contribution is -2.45. The highest BCUT2D eigenvalue weighted by atomic mass is 35.5. The second kappa shape index (κ2) is 8.44. The highest BCUT2D eigenvalue weighted by Gasteiger charge is 2.24. The minimum atomic E-state index is -0.277. The zero-order valence-corrected chi connectivity index (χ0v) is 16.3. The van der Waals surface area contributed by atoms with Crippen LogP contribution in [-0.2, 0) is 16.0 Å². The number of amides is 2. The molecule has 142 valence electrons. The van der Waals surface area contributed by atoms with E-state index in [0.717, 1.165) is 24.1 Å². The number of nitrogens with zero attached hydrogens (tertiary/aromatic N) is 1. The topological polar surface area (TPSA) is 61.4 Å². The molecule has 2 aromatic rings. The van der Waals surface area contributed by atoms with Gasteiger partial charge in [0.1, 0.15) is 0 Å². The molecule has 0 aliphatic carbocycles. The summed E-state index contributed by atoms with van der Waals surface area (Å²) in [6, 6.07) is 13.8. The lowest BCUT2D eigenvalue weighted by Gasteiger charge is -2.36. The summed E-state index contributed by atoms with van der Waals surface area (Å²) in [5.41, 5.74) is 3.82. The largest absolute Gasteiger partial charge is 0.359 e. The van der Waals surface area contributed by atoms with Crippen molar-refractivity contribution in [1.29, 1.82) is 0 Å². The van der Waals surface area contributed by atoms with Crippen LogP contribution in [0.4, 0.5) is 11.4 Å². The average Bonchev–Trinajstić information content (AvgIpc) is 2.66. The van der Waals surface area contributed by atoms with E-state index in [0.29, 0.717) is 10.7 Å². The van der Waals surface area contributed by atoms with Gasteiger partial charge in [-0.1, -0.05) is 35.9 Å². The molecule has 1 heterocycles. The average molecular weight is 386 g/mol. The molecule has 2 aromatic carbocycles. The quantitative estimate of drug-likeness (QED) is 0.827. The number of hydrogen-bond acceptors (Lipinski definition) is 3. The molecule has 1 unspecified atom stereocenters. The maximum absolute atomic E-state index is 12.4. The van der Waals surface area contributed by atoms with Crippen LogP contribution in [0.5, 0.6) is 0 Å². The number of carbonyl (C=O) groups excluding carboxylic acids is 2. The second-order valence-corrected chi connectivity index (χ2v) is 7.29. The molecule has 0 saturated carbocycles. The summed E-state index contributed by atoms with van der Waals surface area (Å²) in [4.78, 5) is 26.6. The van der Waals surface area contributed by atoms with E-state index in [1.54, 1.807) is 18.2 Å². The molecule has 0 radical (unpaired) electrons. The van der Waals surface area contributed by atoms with Gasteiger partial charge in [0.2, 0.25) is 11.8 Å². The number of rotatable bonds is 5. The van der Waals surface area contributed by atoms with Crippen LogP contribution in [-0.4, -0.2) is 30.9 Å². The SMILES string of the molecule is Cc1c(Cl)cccc1NC(=O)CNC(=O)CN1c2ccccc2CCC1C. The molecule has 6 heteroatoms. The summed E-state index contributed by atoms with van der Waals surface area (Å²) in [7, 11) is 0. The highest BCUT2D eigenvalue weighted by molar-refractivity contribution is 6.31. The van der Waals surface area contributed by atoms with Gasteiger partial charge in [0.25, 0.3) is 0 Å². The molecule has 1 aliphatic rings. The number of carbonyl (C=O) groups is 2. The second-order valence-electron chi connectivity index (χ2n) is 6.88. The van der Waals surface area contributed by atoms with E-state index in [1.807, 2.05) is 25.1 Å². The van der Waals surface area contributed by atoms with Crippen LogP contribution in [0.15, 0.2) is 42.5 Å². The Hall–Kier alpha value is -2.53.